The second kappa shape index (κ2) is 11.5. The van der Waals surface area contributed by atoms with Gasteiger partial charge in [-0.1, -0.05) is 27.2 Å². The van der Waals surface area contributed by atoms with Gasteiger partial charge in [0.05, 0.1) is 6.61 Å². The molecule has 1 aromatic heterocycles. The van der Waals surface area contributed by atoms with Crippen molar-refractivity contribution < 1.29 is 9.53 Å². The van der Waals surface area contributed by atoms with Crippen LogP contribution in [0, 0.1) is 20.8 Å². The van der Waals surface area contributed by atoms with Gasteiger partial charge in [0.15, 0.2) is 11.4 Å². The molecular weight excluding hydrogens is 495 g/mol. The second-order valence-electron chi connectivity index (χ2n) is 7.25. The molecule has 0 bridgehead atoms. The number of benzene rings is 1. The number of halogens is 1. The first-order valence-corrected chi connectivity index (χ1v) is 10.9. The van der Waals surface area contributed by atoms with E-state index >= 15 is 0 Å². The lowest BCUT2D eigenvalue weighted by Crippen LogP contribution is -2.37. The van der Waals surface area contributed by atoms with Crippen LogP contribution in [0.1, 0.15) is 45.6 Å². The van der Waals surface area contributed by atoms with Crippen molar-refractivity contribution in [3.8, 4) is 11.9 Å². The number of carbonyl (C=O) groups is 1. The Balaban J connectivity index is 2.42. The number of hydrogen-bond acceptors (Lipinski definition) is 7. The Morgan fingerprint density at radius 1 is 1.30 bits per heavy atom. The minimum atomic E-state index is -0.632. The maximum absolute atomic E-state index is 11.9. The fourth-order valence-corrected chi connectivity index (χ4v) is 3.02. The summed E-state index contributed by atoms with van der Waals surface area (Å²) in [5.41, 5.74) is 6.52. The summed E-state index contributed by atoms with van der Waals surface area (Å²) in [4.78, 5) is 20.6. The molecule has 2 rings (SSSR count). The Kier molecular flexibility index (Phi) is 9.11. The average Bonchev–Trinajstić information content (AvgIpc) is 2.69. The highest BCUT2D eigenvalue weighted by atomic mass is 127. The van der Waals surface area contributed by atoms with Gasteiger partial charge in [-0.05, 0) is 65.6 Å². The standard InChI is InChI=1S/C21H27IN6O2/c1-4-5-10-30-20-16(12-23)19(25-15-8-6-14(22)7-9-15)27-21(28-20)26-17(18(24)29)11-13(2)3/h6-9,13,17H,4-5,10-11H2,1-3H3,(H2,24,29)(H2,25,26,27,28)/t17-/m1/s1. The second-order valence-corrected chi connectivity index (χ2v) is 8.50. The molecule has 0 saturated carbocycles. The Morgan fingerprint density at radius 3 is 2.57 bits per heavy atom. The first-order valence-electron chi connectivity index (χ1n) is 9.87. The maximum Gasteiger partial charge on any atom is 0.240 e. The molecular formula is C21H27IN6O2. The molecule has 0 unspecified atom stereocenters. The predicted molar refractivity (Wildman–Crippen MR) is 126 cm³/mol. The molecule has 0 spiro atoms. The van der Waals surface area contributed by atoms with Gasteiger partial charge in [0.25, 0.3) is 0 Å². The summed E-state index contributed by atoms with van der Waals surface area (Å²) in [7, 11) is 0. The van der Waals surface area contributed by atoms with Crippen molar-refractivity contribution >= 4 is 46.0 Å². The molecule has 1 heterocycles. The number of unbranched alkanes of at least 4 members (excludes halogenated alkanes) is 1. The van der Waals surface area contributed by atoms with Crippen LogP contribution in [0.15, 0.2) is 24.3 Å². The molecule has 8 nitrogen and oxygen atoms in total. The van der Waals surface area contributed by atoms with E-state index in [0.717, 1.165) is 22.1 Å². The number of anilines is 3. The van der Waals surface area contributed by atoms with Crippen LogP contribution >= 0.6 is 22.6 Å². The molecule has 1 atom stereocenters. The zero-order valence-corrected chi connectivity index (χ0v) is 19.6. The Labute approximate surface area is 190 Å². The summed E-state index contributed by atoms with van der Waals surface area (Å²) in [5, 5.41) is 15.9. The molecule has 30 heavy (non-hydrogen) atoms. The summed E-state index contributed by atoms with van der Waals surface area (Å²) < 4.78 is 6.85. The normalized spacial score (nSPS) is 11.6. The Hall–Kier alpha value is -2.61. The van der Waals surface area contributed by atoms with Crippen LogP contribution in [-0.4, -0.2) is 28.5 Å². The summed E-state index contributed by atoms with van der Waals surface area (Å²) >= 11 is 2.22. The first-order chi connectivity index (χ1) is 14.3. The lowest BCUT2D eigenvalue weighted by molar-refractivity contribution is -0.119. The highest BCUT2D eigenvalue weighted by Crippen LogP contribution is 2.28. The monoisotopic (exact) mass is 522 g/mol. The molecule has 0 radical (unpaired) electrons. The number of ether oxygens (including phenoxy) is 1. The number of carbonyl (C=O) groups excluding carboxylic acids is 1. The van der Waals surface area contributed by atoms with Crippen LogP contribution in [-0.2, 0) is 4.79 Å². The average molecular weight is 522 g/mol. The molecule has 0 aliphatic carbocycles. The van der Waals surface area contributed by atoms with E-state index in [0.29, 0.717) is 18.8 Å². The van der Waals surface area contributed by atoms with Crippen molar-refractivity contribution in [3.05, 3.63) is 33.4 Å². The topological polar surface area (TPSA) is 126 Å². The molecule has 0 aliphatic heterocycles. The first kappa shape index (κ1) is 23.7. The highest BCUT2D eigenvalue weighted by Gasteiger charge is 2.21. The van der Waals surface area contributed by atoms with Gasteiger partial charge in [0, 0.05) is 9.26 Å². The minimum absolute atomic E-state index is 0.171. The third-order valence-electron chi connectivity index (χ3n) is 4.19. The lowest BCUT2D eigenvalue weighted by Gasteiger charge is -2.19. The van der Waals surface area contributed by atoms with E-state index in [1.807, 2.05) is 38.1 Å². The van der Waals surface area contributed by atoms with E-state index in [1.165, 1.54) is 0 Å². The van der Waals surface area contributed by atoms with Crippen LogP contribution in [0.3, 0.4) is 0 Å². The van der Waals surface area contributed by atoms with Gasteiger partial charge in [-0.2, -0.15) is 15.2 Å². The van der Waals surface area contributed by atoms with Gasteiger partial charge < -0.3 is 21.1 Å². The van der Waals surface area contributed by atoms with E-state index in [9.17, 15) is 10.1 Å². The summed E-state index contributed by atoms with van der Waals surface area (Å²) in [5.74, 6) is 0.410. The van der Waals surface area contributed by atoms with Crippen LogP contribution < -0.4 is 21.1 Å². The van der Waals surface area contributed by atoms with E-state index < -0.39 is 11.9 Å². The van der Waals surface area contributed by atoms with E-state index in [-0.39, 0.29) is 23.3 Å². The number of rotatable bonds is 11. The summed E-state index contributed by atoms with van der Waals surface area (Å²) in [6.07, 6.45) is 2.31. The highest BCUT2D eigenvalue weighted by molar-refractivity contribution is 14.1. The number of amides is 1. The summed E-state index contributed by atoms with van der Waals surface area (Å²) in [6.45, 7) is 6.48. The van der Waals surface area contributed by atoms with Gasteiger partial charge in [0.2, 0.25) is 17.7 Å². The van der Waals surface area contributed by atoms with Gasteiger partial charge in [0.1, 0.15) is 12.1 Å². The van der Waals surface area contributed by atoms with Crippen LogP contribution in [0.2, 0.25) is 0 Å². The molecule has 1 aromatic carbocycles. The fraction of sp³-hybridized carbons (Fsp3) is 0.429. The number of nitrogens with one attached hydrogen (secondary N) is 2. The van der Waals surface area contributed by atoms with Crippen molar-refractivity contribution in [2.75, 3.05) is 17.2 Å². The van der Waals surface area contributed by atoms with Crippen LogP contribution in [0.4, 0.5) is 17.5 Å². The molecule has 9 heteroatoms. The molecule has 0 aliphatic rings. The zero-order valence-electron chi connectivity index (χ0n) is 17.4. The van der Waals surface area contributed by atoms with Crippen molar-refractivity contribution in [1.82, 2.24) is 9.97 Å². The predicted octanol–water partition coefficient (Wildman–Crippen LogP) is 4.19. The molecule has 2 aromatic rings. The fourth-order valence-electron chi connectivity index (χ4n) is 2.66. The largest absolute Gasteiger partial charge is 0.477 e. The lowest BCUT2D eigenvalue weighted by atomic mass is 10.0. The Morgan fingerprint density at radius 2 is 2.00 bits per heavy atom. The van der Waals surface area contributed by atoms with Crippen molar-refractivity contribution in [2.24, 2.45) is 11.7 Å². The number of nitriles is 1. The smallest absolute Gasteiger partial charge is 0.240 e. The van der Waals surface area contributed by atoms with Crippen molar-refractivity contribution in [2.45, 2.75) is 46.1 Å². The number of aromatic nitrogens is 2. The number of primary amides is 1. The van der Waals surface area contributed by atoms with E-state index in [4.69, 9.17) is 10.5 Å². The number of nitrogens with two attached hydrogens (primary N) is 1. The SMILES string of the molecule is CCCCOc1nc(N[C@H](CC(C)C)C(N)=O)nc(Nc2ccc(I)cc2)c1C#N. The van der Waals surface area contributed by atoms with E-state index in [1.54, 1.807) is 0 Å². The Bertz CT molecular complexity index is 896. The maximum atomic E-state index is 11.9. The molecule has 0 fully saturated rings. The molecule has 160 valence electrons. The van der Waals surface area contributed by atoms with E-state index in [2.05, 4.69) is 56.2 Å². The number of hydrogen-bond donors (Lipinski definition) is 3. The molecule has 0 saturated heterocycles. The van der Waals surface area contributed by atoms with Gasteiger partial charge >= 0.3 is 0 Å². The quantitative estimate of drug-likeness (QED) is 0.299. The number of nitrogens with zero attached hydrogens (tertiary/aromatic N) is 3. The van der Waals surface area contributed by atoms with Crippen LogP contribution in [0.5, 0.6) is 5.88 Å². The minimum Gasteiger partial charge on any atom is -0.477 e. The zero-order chi connectivity index (χ0) is 22.1. The third-order valence-corrected chi connectivity index (χ3v) is 4.90. The molecule has 1 amide bonds. The summed E-state index contributed by atoms with van der Waals surface area (Å²) in [6, 6.07) is 9.16. The molecule has 4 N–H and O–H groups in total. The van der Waals surface area contributed by atoms with Gasteiger partial charge in [-0.25, -0.2) is 0 Å². The van der Waals surface area contributed by atoms with Crippen molar-refractivity contribution in [1.29, 1.82) is 5.26 Å². The van der Waals surface area contributed by atoms with Crippen LogP contribution in [0.25, 0.3) is 0 Å². The van der Waals surface area contributed by atoms with Gasteiger partial charge in [-0.3, -0.25) is 4.79 Å². The van der Waals surface area contributed by atoms with Crippen molar-refractivity contribution in [3.63, 3.8) is 0 Å². The third kappa shape index (κ3) is 7.02. The van der Waals surface area contributed by atoms with Gasteiger partial charge in [-0.15, -0.1) is 0 Å².